The molecule has 164 valence electrons. The van der Waals surface area contributed by atoms with Gasteiger partial charge >= 0.3 is 0 Å². The highest BCUT2D eigenvalue weighted by atomic mass is 32.1. The Kier molecular flexibility index (Phi) is 7.00. The lowest BCUT2D eigenvalue weighted by molar-refractivity contribution is 0.0982. The summed E-state index contributed by atoms with van der Waals surface area (Å²) in [6, 6.07) is 7.83. The molecule has 0 aliphatic rings. The zero-order chi connectivity index (χ0) is 22.5. The summed E-state index contributed by atoms with van der Waals surface area (Å²) >= 11 is 0.940. The highest BCUT2D eigenvalue weighted by Gasteiger charge is 2.19. The number of benzene rings is 2. The fraction of sp³-hybridized carbons (Fsp3) is 0.200. The molecular weight excluding hydrogens is 430 g/mol. The molecule has 0 aliphatic heterocycles. The van der Waals surface area contributed by atoms with Crippen molar-refractivity contribution in [2.24, 2.45) is 0 Å². The lowest BCUT2D eigenvalue weighted by atomic mass is 10.2. The van der Waals surface area contributed by atoms with Gasteiger partial charge in [-0.15, -0.1) is 0 Å². The summed E-state index contributed by atoms with van der Waals surface area (Å²) in [4.78, 5) is 0. The molecule has 0 saturated heterocycles. The molecule has 3 aromatic rings. The molecule has 1 heterocycles. The van der Waals surface area contributed by atoms with Crippen molar-refractivity contribution < 1.29 is 28.8 Å². The summed E-state index contributed by atoms with van der Waals surface area (Å²) in [7, 11) is 0. The summed E-state index contributed by atoms with van der Waals surface area (Å²) < 4.78 is 36.0. The molecule has 1 atom stereocenters. The number of amidine groups is 1. The van der Waals surface area contributed by atoms with Crippen LogP contribution in [0.3, 0.4) is 0 Å². The number of nitrogens with one attached hydrogen (secondary N) is 3. The van der Waals surface area contributed by atoms with Gasteiger partial charge in [0.25, 0.3) is 0 Å². The monoisotopic (exact) mass is 450 g/mol. The van der Waals surface area contributed by atoms with Gasteiger partial charge in [0.1, 0.15) is 39.5 Å². The minimum absolute atomic E-state index is 0.0249. The molecule has 2 aromatic carbocycles. The molecule has 0 bridgehead atoms. The molecule has 0 spiro atoms. The van der Waals surface area contributed by atoms with Crippen LogP contribution in [0.15, 0.2) is 36.4 Å². The number of anilines is 2. The summed E-state index contributed by atoms with van der Waals surface area (Å²) in [5, 5.41) is 42.5. The van der Waals surface area contributed by atoms with E-state index < -0.39 is 24.3 Å². The van der Waals surface area contributed by atoms with Gasteiger partial charge < -0.3 is 30.7 Å². The number of halogens is 2. The second kappa shape index (κ2) is 9.69. The van der Waals surface area contributed by atoms with Crippen LogP contribution in [0.25, 0.3) is 0 Å². The van der Waals surface area contributed by atoms with Crippen molar-refractivity contribution in [2.75, 3.05) is 18.5 Å². The number of aliphatic hydroxyl groups is 2. The van der Waals surface area contributed by atoms with Gasteiger partial charge in [-0.3, -0.25) is 5.41 Å². The van der Waals surface area contributed by atoms with Crippen molar-refractivity contribution in [3.8, 4) is 17.4 Å². The van der Waals surface area contributed by atoms with Gasteiger partial charge in [0, 0.05) is 30.4 Å². The molecule has 1 aromatic heterocycles. The number of aliphatic hydroxyl groups excluding tert-OH is 2. The van der Waals surface area contributed by atoms with Gasteiger partial charge in [-0.05, 0) is 42.2 Å². The summed E-state index contributed by atoms with van der Waals surface area (Å²) in [6.07, 6.45) is -1.05. The molecule has 8 nitrogen and oxygen atoms in total. The average Bonchev–Trinajstić information content (AvgIpc) is 3.07. The van der Waals surface area contributed by atoms with Crippen LogP contribution in [-0.2, 0) is 0 Å². The molecule has 31 heavy (non-hydrogen) atoms. The van der Waals surface area contributed by atoms with Gasteiger partial charge in [-0.2, -0.15) is 4.37 Å². The molecule has 0 radical (unpaired) electrons. The van der Waals surface area contributed by atoms with Gasteiger partial charge in [0.2, 0.25) is 5.88 Å². The van der Waals surface area contributed by atoms with E-state index in [1.165, 1.54) is 0 Å². The van der Waals surface area contributed by atoms with Gasteiger partial charge in [0.05, 0.1) is 12.7 Å². The van der Waals surface area contributed by atoms with Crippen LogP contribution in [0.2, 0.25) is 0 Å². The maximum absolute atomic E-state index is 13.3. The molecule has 11 heteroatoms. The van der Waals surface area contributed by atoms with Gasteiger partial charge in [-0.25, -0.2) is 8.78 Å². The quantitative estimate of drug-likeness (QED) is 0.229. The summed E-state index contributed by atoms with van der Waals surface area (Å²) in [6.45, 7) is 1.24. The Labute approximate surface area is 180 Å². The number of hydrogen-bond acceptors (Lipinski definition) is 8. The van der Waals surface area contributed by atoms with Crippen LogP contribution >= 0.6 is 11.5 Å². The number of rotatable bonds is 8. The predicted octanol–water partition coefficient (Wildman–Crippen LogP) is 3.24. The topological polar surface area (TPSA) is 131 Å². The van der Waals surface area contributed by atoms with E-state index in [-0.39, 0.29) is 29.6 Å². The molecule has 0 fully saturated rings. The van der Waals surface area contributed by atoms with Crippen molar-refractivity contribution >= 4 is 28.1 Å². The second-order valence-corrected chi connectivity index (χ2v) is 7.38. The highest BCUT2D eigenvalue weighted by molar-refractivity contribution is 7.11. The van der Waals surface area contributed by atoms with E-state index in [9.17, 15) is 19.0 Å². The van der Waals surface area contributed by atoms with Crippen LogP contribution in [0.4, 0.5) is 19.5 Å². The summed E-state index contributed by atoms with van der Waals surface area (Å²) in [5.41, 5.74) is 1.47. The van der Waals surface area contributed by atoms with Crippen LogP contribution in [0, 0.1) is 24.0 Å². The third-order valence-electron chi connectivity index (χ3n) is 4.17. The maximum atomic E-state index is 13.3. The predicted molar refractivity (Wildman–Crippen MR) is 113 cm³/mol. The molecule has 0 amide bonds. The smallest absolute Gasteiger partial charge is 0.236 e. The Morgan fingerprint density at radius 1 is 1.19 bits per heavy atom. The van der Waals surface area contributed by atoms with Gasteiger partial charge in [0.15, 0.2) is 0 Å². The van der Waals surface area contributed by atoms with Crippen molar-refractivity contribution in [1.82, 2.24) is 9.69 Å². The fourth-order valence-corrected chi connectivity index (χ4v) is 3.36. The zero-order valence-electron chi connectivity index (χ0n) is 16.3. The minimum Gasteiger partial charge on any atom is -0.492 e. The largest absolute Gasteiger partial charge is 0.492 e. The number of hydrogen-bond donors (Lipinski definition) is 6. The number of aromatic hydroxyl groups is 1. The van der Waals surface area contributed by atoms with Crippen molar-refractivity contribution in [1.29, 1.82) is 5.41 Å². The first-order valence-corrected chi connectivity index (χ1v) is 9.86. The van der Waals surface area contributed by atoms with Crippen molar-refractivity contribution in [3.63, 3.8) is 0 Å². The van der Waals surface area contributed by atoms with Gasteiger partial charge in [-0.1, -0.05) is 0 Å². The molecular formula is C20H20F2N4O4S. The number of aromatic nitrogens is 1. The molecule has 1 unspecified atom stereocenters. The Hall–Kier alpha value is -3.28. The number of nitrogens with zero attached hydrogens (tertiary/aromatic N) is 1. The first kappa shape index (κ1) is 22.4. The Bertz CT molecular complexity index is 1070. The second-order valence-electron chi connectivity index (χ2n) is 6.61. The van der Waals surface area contributed by atoms with Crippen LogP contribution in [0.5, 0.6) is 17.4 Å². The first-order chi connectivity index (χ1) is 14.8. The maximum Gasteiger partial charge on any atom is 0.236 e. The molecule has 0 saturated carbocycles. The van der Waals surface area contributed by atoms with E-state index in [2.05, 4.69) is 15.0 Å². The van der Waals surface area contributed by atoms with E-state index in [1.54, 1.807) is 25.1 Å². The minimum atomic E-state index is -1.05. The lowest BCUT2D eigenvalue weighted by Crippen LogP contribution is -2.34. The SMILES string of the molecule is Cc1cc(Oc2cc(F)cc(F)c2)ccc1Nc1snc(O)c1C(=N)NCC(O)CO. The van der Waals surface area contributed by atoms with Crippen LogP contribution in [0.1, 0.15) is 11.1 Å². The summed E-state index contributed by atoms with van der Waals surface area (Å²) in [5.74, 6) is -1.62. The zero-order valence-corrected chi connectivity index (χ0v) is 17.1. The van der Waals surface area contributed by atoms with Crippen molar-refractivity contribution in [2.45, 2.75) is 13.0 Å². The van der Waals surface area contributed by atoms with Crippen molar-refractivity contribution in [3.05, 3.63) is 59.2 Å². The highest BCUT2D eigenvalue weighted by Crippen LogP contribution is 2.34. The Balaban J connectivity index is 1.75. The Morgan fingerprint density at radius 3 is 2.55 bits per heavy atom. The number of ether oxygens (including phenoxy) is 1. The Morgan fingerprint density at radius 2 is 1.90 bits per heavy atom. The van der Waals surface area contributed by atoms with Crippen LogP contribution < -0.4 is 15.4 Å². The number of aryl methyl sites for hydroxylation is 1. The lowest BCUT2D eigenvalue weighted by Gasteiger charge is -2.14. The molecule has 6 N–H and O–H groups in total. The van der Waals surface area contributed by atoms with E-state index in [0.717, 1.165) is 35.3 Å². The third-order valence-corrected chi connectivity index (χ3v) is 4.92. The average molecular weight is 450 g/mol. The van der Waals surface area contributed by atoms with Crippen LogP contribution in [-0.4, -0.2) is 44.8 Å². The first-order valence-electron chi connectivity index (χ1n) is 9.08. The van der Waals surface area contributed by atoms with E-state index in [4.69, 9.17) is 15.3 Å². The molecule has 0 aliphatic carbocycles. The molecule has 3 rings (SSSR count). The van der Waals surface area contributed by atoms with E-state index in [1.807, 2.05) is 0 Å². The van der Waals surface area contributed by atoms with E-state index in [0.29, 0.717) is 16.4 Å². The standard InChI is InChI=1S/C20H20F2N4O4S/c1-10-4-14(30-15-6-11(21)5-12(22)7-15)2-3-16(10)25-20-17(19(29)26-31-20)18(23)24-8-13(28)9-27/h2-7,13,25,27-28H,8-9H2,1H3,(H2,23,24)(H,26,29). The fourth-order valence-electron chi connectivity index (χ4n) is 2.65. The van der Waals surface area contributed by atoms with E-state index >= 15 is 0 Å². The third kappa shape index (κ3) is 5.66. The normalized spacial score (nSPS) is 11.8.